The van der Waals surface area contributed by atoms with E-state index in [0.717, 1.165) is 11.1 Å². The fourth-order valence-corrected chi connectivity index (χ4v) is 3.35. The van der Waals surface area contributed by atoms with E-state index < -0.39 is 9.85 Å². The number of hydrogen-bond acceptors (Lipinski definition) is 6. The third-order valence-electron chi connectivity index (χ3n) is 5.24. The molecule has 3 aromatic carbocycles. The predicted molar refractivity (Wildman–Crippen MR) is 124 cm³/mol. The Morgan fingerprint density at radius 2 is 1.03 bits per heavy atom. The van der Waals surface area contributed by atoms with E-state index in [-0.39, 0.29) is 36.3 Å². The molecule has 3 aromatic rings. The van der Waals surface area contributed by atoms with Crippen molar-refractivity contribution in [1.29, 1.82) is 0 Å². The molecule has 0 radical (unpaired) electrons. The summed E-state index contributed by atoms with van der Waals surface area (Å²) in [7, 11) is 0. The average molecular weight is 462 g/mol. The summed E-state index contributed by atoms with van der Waals surface area (Å²) < 4.78 is 0. The molecule has 0 saturated carbocycles. The molecular weight excluding hydrogens is 440 g/mol. The van der Waals surface area contributed by atoms with Gasteiger partial charge in [0.05, 0.1) is 9.85 Å². The minimum absolute atomic E-state index is 0.0389. The highest BCUT2D eigenvalue weighted by atomic mass is 16.6. The standard InChI is InChI=1S/C24H22N4O6/c1-15-11-19(7-9-21(15)27(31)32)23(29)25-13-17-3-5-18(6-4-17)14-26-24(30)20-8-10-22(28(33)34)16(2)12-20/h3-12H,13-14H2,1-2H3,(H,25,29)(H,26,30). The quantitative estimate of drug-likeness (QED) is 0.383. The van der Waals surface area contributed by atoms with Crippen LogP contribution in [0.5, 0.6) is 0 Å². The number of carbonyl (C=O) groups is 2. The number of aryl methyl sites for hydroxylation is 2. The van der Waals surface area contributed by atoms with Crippen LogP contribution in [-0.2, 0) is 13.1 Å². The lowest BCUT2D eigenvalue weighted by Crippen LogP contribution is -2.23. The minimum atomic E-state index is -0.492. The third-order valence-corrected chi connectivity index (χ3v) is 5.24. The van der Waals surface area contributed by atoms with Gasteiger partial charge in [-0.2, -0.15) is 0 Å². The van der Waals surface area contributed by atoms with Crippen LogP contribution in [0.2, 0.25) is 0 Å². The van der Waals surface area contributed by atoms with E-state index >= 15 is 0 Å². The molecule has 0 aliphatic heterocycles. The first-order valence-electron chi connectivity index (χ1n) is 10.3. The van der Waals surface area contributed by atoms with Crippen molar-refractivity contribution in [2.45, 2.75) is 26.9 Å². The smallest absolute Gasteiger partial charge is 0.272 e. The molecule has 0 fully saturated rings. The second-order valence-electron chi connectivity index (χ2n) is 7.70. The number of nitrogens with one attached hydrogen (secondary N) is 2. The second-order valence-corrected chi connectivity index (χ2v) is 7.70. The van der Waals surface area contributed by atoms with Crippen molar-refractivity contribution in [1.82, 2.24) is 10.6 Å². The van der Waals surface area contributed by atoms with Gasteiger partial charge in [-0.15, -0.1) is 0 Å². The van der Waals surface area contributed by atoms with E-state index in [9.17, 15) is 29.8 Å². The van der Waals surface area contributed by atoms with E-state index in [1.807, 2.05) is 24.3 Å². The van der Waals surface area contributed by atoms with Gasteiger partial charge in [0.25, 0.3) is 23.2 Å². The maximum absolute atomic E-state index is 12.3. The van der Waals surface area contributed by atoms with Gasteiger partial charge in [-0.05, 0) is 49.2 Å². The van der Waals surface area contributed by atoms with Gasteiger partial charge in [-0.1, -0.05) is 24.3 Å². The number of nitro groups is 2. The van der Waals surface area contributed by atoms with E-state index in [1.54, 1.807) is 13.8 Å². The first-order valence-corrected chi connectivity index (χ1v) is 10.3. The Labute approximate surface area is 194 Å². The van der Waals surface area contributed by atoms with Crippen LogP contribution in [0, 0.1) is 34.1 Å². The summed E-state index contributed by atoms with van der Waals surface area (Å²) in [6.07, 6.45) is 0. The second kappa shape index (κ2) is 10.3. The van der Waals surface area contributed by atoms with Crippen molar-refractivity contribution >= 4 is 23.2 Å². The van der Waals surface area contributed by atoms with E-state index in [1.165, 1.54) is 36.4 Å². The SMILES string of the molecule is Cc1cc(C(=O)NCc2ccc(CNC(=O)c3ccc([N+](=O)[O-])c(C)c3)cc2)ccc1[N+](=O)[O-]. The fourth-order valence-electron chi connectivity index (χ4n) is 3.35. The Kier molecular flexibility index (Phi) is 7.32. The Bertz CT molecular complexity index is 1170. The van der Waals surface area contributed by atoms with Gasteiger partial charge in [0.2, 0.25) is 0 Å². The summed E-state index contributed by atoms with van der Waals surface area (Å²) >= 11 is 0. The molecule has 0 aliphatic carbocycles. The Morgan fingerprint density at radius 3 is 1.32 bits per heavy atom. The van der Waals surface area contributed by atoms with E-state index in [2.05, 4.69) is 10.6 Å². The van der Waals surface area contributed by atoms with Crippen LogP contribution in [0.25, 0.3) is 0 Å². The largest absolute Gasteiger partial charge is 0.348 e. The number of nitrogens with zero attached hydrogens (tertiary/aromatic N) is 2. The molecule has 0 atom stereocenters. The van der Waals surface area contributed by atoms with Gasteiger partial charge >= 0.3 is 0 Å². The van der Waals surface area contributed by atoms with Crippen LogP contribution in [0.15, 0.2) is 60.7 Å². The lowest BCUT2D eigenvalue weighted by Gasteiger charge is -2.09. The van der Waals surface area contributed by atoms with Crippen LogP contribution in [0.4, 0.5) is 11.4 Å². The number of rotatable bonds is 8. The Hall–Kier alpha value is -4.60. The van der Waals surface area contributed by atoms with Crippen LogP contribution >= 0.6 is 0 Å². The van der Waals surface area contributed by atoms with Crippen molar-refractivity contribution in [3.8, 4) is 0 Å². The molecule has 0 aromatic heterocycles. The maximum atomic E-state index is 12.3. The lowest BCUT2D eigenvalue weighted by molar-refractivity contribution is -0.385. The van der Waals surface area contributed by atoms with Gasteiger partial charge < -0.3 is 10.6 Å². The number of carbonyl (C=O) groups excluding carboxylic acids is 2. The molecule has 174 valence electrons. The number of nitro benzene ring substituents is 2. The molecule has 2 amide bonds. The van der Waals surface area contributed by atoms with Gasteiger partial charge in [-0.3, -0.25) is 29.8 Å². The van der Waals surface area contributed by atoms with Gasteiger partial charge in [0, 0.05) is 47.5 Å². The van der Waals surface area contributed by atoms with Crippen LogP contribution in [0.3, 0.4) is 0 Å². The molecule has 0 bridgehead atoms. The average Bonchev–Trinajstić information content (AvgIpc) is 2.81. The predicted octanol–water partition coefficient (Wildman–Crippen LogP) is 3.98. The molecule has 0 unspecified atom stereocenters. The normalized spacial score (nSPS) is 10.4. The minimum Gasteiger partial charge on any atom is -0.348 e. The topological polar surface area (TPSA) is 144 Å². The fraction of sp³-hybridized carbons (Fsp3) is 0.167. The third kappa shape index (κ3) is 5.80. The molecule has 34 heavy (non-hydrogen) atoms. The molecular formula is C24H22N4O6. The van der Waals surface area contributed by atoms with Crippen LogP contribution in [0.1, 0.15) is 43.0 Å². The van der Waals surface area contributed by atoms with Crippen molar-refractivity contribution in [2.75, 3.05) is 0 Å². The Morgan fingerprint density at radius 1 is 0.676 bits per heavy atom. The monoisotopic (exact) mass is 462 g/mol. The zero-order valence-electron chi connectivity index (χ0n) is 18.5. The molecule has 0 spiro atoms. The number of benzene rings is 3. The molecule has 0 heterocycles. The number of amides is 2. The molecule has 10 nitrogen and oxygen atoms in total. The van der Waals surface area contributed by atoms with E-state index in [4.69, 9.17) is 0 Å². The highest BCUT2D eigenvalue weighted by Gasteiger charge is 2.15. The summed E-state index contributed by atoms with van der Waals surface area (Å²) in [5, 5.41) is 27.4. The highest BCUT2D eigenvalue weighted by Crippen LogP contribution is 2.20. The lowest BCUT2D eigenvalue weighted by atomic mass is 10.1. The number of hydrogen-bond donors (Lipinski definition) is 2. The van der Waals surface area contributed by atoms with Crippen molar-refractivity contribution in [2.24, 2.45) is 0 Å². The van der Waals surface area contributed by atoms with Crippen LogP contribution < -0.4 is 10.6 Å². The molecule has 10 heteroatoms. The van der Waals surface area contributed by atoms with Gasteiger partial charge in [0.15, 0.2) is 0 Å². The summed E-state index contributed by atoms with van der Waals surface area (Å²) in [6, 6.07) is 15.7. The van der Waals surface area contributed by atoms with Crippen molar-refractivity contribution < 1.29 is 19.4 Å². The maximum Gasteiger partial charge on any atom is 0.272 e. The zero-order valence-corrected chi connectivity index (χ0v) is 18.5. The Balaban J connectivity index is 1.53. The van der Waals surface area contributed by atoms with Gasteiger partial charge in [0.1, 0.15) is 0 Å². The summed E-state index contributed by atoms with van der Waals surface area (Å²) in [5.74, 6) is -0.680. The van der Waals surface area contributed by atoms with Crippen molar-refractivity contribution in [3.05, 3.63) is 114 Å². The van der Waals surface area contributed by atoms with Crippen LogP contribution in [-0.4, -0.2) is 21.7 Å². The summed E-state index contributed by atoms with van der Waals surface area (Å²) in [5.41, 5.74) is 3.10. The first-order chi connectivity index (χ1) is 16.2. The zero-order chi connectivity index (χ0) is 24.8. The van der Waals surface area contributed by atoms with E-state index in [0.29, 0.717) is 22.3 Å². The molecule has 2 N–H and O–H groups in total. The molecule has 0 saturated heterocycles. The summed E-state index contributed by atoms with van der Waals surface area (Å²) in [6.45, 7) is 3.69. The molecule has 3 rings (SSSR count). The highest BCUT2D eigenvalue weighted by molar-refractivity contribution is 5.95. The first kappa shape index (κ1) is 24.1. The van der Waals surface area contributed by atoms with Crippen molar-refractivity contribution in [3.63, 3.8) is 0 Å². The summed E-state index contributed by atoms with van der Waals surface area (Å²) in [4.78, 5) is 45.5. The van der Waals surface area contributed by atoms with Gasteiger partial charge in [-0.25, -0.2) is 0 Å². The molecule has 0 aliphatic rings.